The molecule has 0 aliphatic heterocycles. The first-order valence-electron chi connectivity index (χ1n) is 3.41. The molecule has 0 spiro atoms. The molecule has 0 N–H and O–H groups in total. The smallest absolute Gasteiger partial charge is 0.137 e. The quantitative estimate of drug-likeness (QED) is 0.589. The van der Waals surface area contributed by atoms with Crippen LogP contribution in [0.5, 0.6) is 0 Å². The van der Waals surface area contributed by atoms with Crippen LogP contribution in [0.15, 0.2) is 29.4 Å². The second-order valence-corrected chi connectivity index (χ2v) is 2.87. The van der Waals surface area contributed by atoms with Crippen molar-refractivity contribution in [1.29, 1.82) is 0 Å². The molecule has 0 saturated heterocycles. The third-order valence-electron chi connectivity index (χ3n) is 1.67. The number of thiol groups is 1. The van der Waals surface area contributed by atoms with Crippen molar-refractivity contribution >= 4 is 18.3 Å². The topological polar surface area (TPSA) is 17.3 Å². The second kappa shape index (κ2) is 2.27. The molecule has 2 nitrogen and oxygen atoms in total. The average molecular weight is 164 g/mol. The van der Waals surface area contributed by atoms with E-state index < -0.39 is 0 Å². The summed E-state index contributed by atoms with van der Waals surface area (Å²) in [6.45, 7) is 1.95. The first kappa shape index (κ1) is 6.73. The minimum Gasteiger partial charge on any atom is -0.295 e. The van der Waals surface area contributed by atoms with E-state index in [1.807, 2.05) is 35.7 Å². The van der Waals surface area contributed by atoms with Crippen molar-refractivity contribution in [3.63, 3.8) is 0 Å². The van der Waals surface area contributed by atoms with Crippen molar-refractivity contribution in [1.82, 2.24) is 9.38 Å². The molecule has 0 aromatic carbocycles. The maximum Gasteiger partial charge on any atom is 0.137 e. The minimum absolute atomic E-state index is 0.917. The summed E-state index contributed by atoms with van der Waals surface area (Å²) in [6, 6.07) is 5.90. The summed E-state index contributed by atoms with van der Waals surface area (Å²) in [6.07, 6.45) is 1.96. The Bertz CT molecular complexity index is 392. The standard InChI is InChI=1S/C8H8N2S/c1-6-8(11)10-5-3-2-4-7(10)9-6/h2-5,11H,1H3. The van der Waals surface area contributed by atoms with E-state index in [4.69, 9.17) is 0 Å². The summed E-state index contributed by atoms with van der Waals surface area (Å²) in [5.74, 6) is 0. The predicted octanol–water partition coefficient (Wildman–Crippen LogP) is 1.93. The molecular formula is C8H8N2S. The molecule has 0 aliphatic rings. The van der Waals surface area contributed by atoms with Crippen molar-refractivity contribution in [2.75, 3.05) is 0 Å². The summed E-state index contributed by atoms with van der Waals surface area (Å²) in [4.78, 5) is 4.30. The van der Waals surface area contributed by atoms with Crippen molar-refractivity contribution in [2.45, 2.75) is 11.9 Å². The van der Waals surface area contributed by atoms with Crippen LogP contribution < -0.4 is 0 Å². The van der Waals surface area contributed by atoms with Crippen LogP contribution in [0, 0.1) is 6.92 Å². The normalized spacial score (nSPS) is 10.7. The highest BCUT2D eigenvalue weighted by Crippen LogP contribution is 2.14. The summed E-state index contributed by atoms with van der Waals surface area (Å²) in [5.41, 5.74) is 1.93. The van der Waals surface area contributed by atoms with Gasteiger partial charge in [-0.3, -0.25) is 4.40 Å². The van der Waals surface area contributed by atoms with Gasteiger partial charge in [0.25, 0.3) is 0 Å². The highest BCUT2D eigenvalue weighted by molar-refractivity contribution is 7.80. The number of pyridine rings is 1. The Kier molecular flexibility index (Phi) is 1.39. The van der Waals surface area contributed by atoms with E-state index in [1.54, 1.807) is 0 Å². The molecule has 2 aromatic heterocycles. The zero-order chi connectivity index (χ0) is 7.84. The van der Waals surface area contributed by atoms with Gasteiger partial charge in [0.15, 0.2) is 0 Å². The van der Waals surface area contributed by atoms with Crippen LogP contribution >= 0.6 is 12.6 Å². The third-order valence-corrected chi connectivity index (χ3v) is 2.21. The number of hydrogen-bond donors (Lipinski definition) is 1. The van der Waals surface area contributed by atoms with Gasteiger partial charge in [0.1, 0.15) is 5.65 Å². The number of aryl methyl sites for hydroxylation is 1. The van der Waals surface area contributed by atoms with Crippen molar-refractivity contribution < 1.29 is 0 Å². The van der Waals surface area contributed by atoms with Gasteiger partial charge in [-0.15, -0.1) is 12.6 Å². The fourth-order valence-corrected chi connectivity index (χ4v) is 1.32. The van der Waals surface area contributed by atoms with E-state index in [9.17, 15) is 0 Å². The number of rotatable bonds is 0. The van der Waals surface area contributed by atoms with Crippen LogP contribution in [-0.2, 0) is 0 Å². The van der Waals surface area contributed by atoms with Crippen molar-refractivity contribution in [3.05, 3.63) is 30.1 Å². The second-order valence-electron chi connectivity index (χ2n) is 2.45. The van der Waals surface area contributed by atoms with Crippen molar-refractivity contribution in [2.24, 2.45) is 0 Å². The molecule has 2 heterocycles. The van der Waals surface area contributed by atoms with Crippen LogP contribution in [0.1, 0.15) is 5.69 Å². The number of imidazole rings is 1. The van der Waals surface area contributed by atoms with Gasteiger partial charge in [-0.05, 0) is 19.1 Å². The van der Waals surface area contributed by atoms with Gasteiger partial charge in [-0.1, -0.05) is 6.07 Å². The Labute approximate surface area is 70.3 Å². The molecule has 0 bridgehead atoms. The van der Waals surface area contributed by atoms with Gasteiger partial charge in [0.05, 0.1) is 10.7 Å². The largest absolute Gasteiger partial charge is 0.295 e. The SMILES string of the molecule is Cc1nc2ccccn2c1S. The Balaban J connectivity index is 2.92. The molecule has 0 unspecified atom stereocenters. The van der Waals surface area contributed by atoms with E-state index >= 15 is 0 Å². The number of aromatic nitrogens is 2. The monoisotopic (exact) mass is 164 g/mol. The van der Waals surface area contributed by atoms with E-state index in [2.05, 4.69) is 17.6 Å². The Morgan fingerprint density at radius 1 is 1.45 bits per heavy atom. The first-order chi connectivity index (χ1) is 5.29. The summed E-state index contributed by atoms with van der Waals surface area (Å²) in [7, 11) is 0. The maximum atomic E-state index is 4.32. The highest BCUT2D eigenvalue weighted by Gasteiger charge is 2.01. The molecule has 0 aliphatic carbocycles. The van der Waals surface area contributed by atoms with Gasteiger partial charge in [-0.25, -0.2) is 4.98 Å². The van der Waals surface area contributed by atoms with E-state index in [0.29, 0.717) is 0 Å². The van der Waals surface area contributed by atoms with E-state index in [-0.39, 0.29) is 0 Å². The molecule has 0 amide bonds. The zero-order valence-electron chi connectivity index (χ0n) is 6.15. The zero-order valence-corrected chi connectivity index (χ0v) is 7.05. The fraction of sp³-hybridized carbons (Fsp3) is 0.125. The molecule has 2 aromatic rings. The predicted molar refractivity (Wildman–Crippen MR) is 47.2 cm³/mol. The van der Waals surface area contributed by atoms with Crippen LogP contribution in [-0.4, -0.2) is 9.38 Å². The van der Waals surface area contributed by atoms with E-state index in [1.165, 1.54) is 0 Å². The minimum atomic E-state index is 0.917. The molecular weight excluding hydrogens is 156 g/mol. The molecule has 0 atom stereocenters. The lowest BCUT2D eigenvalue weighted by Crippen LogP contribution is -1.81. The Morgan fingerprint density at radius 3 is 3.00 bits per heavy atom. The third kappa shape index (κ3) is 0.922. The Hall–Kier alpha value is -0.960. The van der Waals surface area contributed by atoms with Crippen LogP contribution in [0.25, 0.3) is 5.65 Å². The molecule has 3 heteroatoms. The molecule has 0 radical (unpaired) electrons. The number of fused-ring (bicyclic) bond motifs is 1. The fourth-order valence-electron chi connectivity index (χ4n) is 1.10. The molecule has 0 saturated carbocycles. The van der Waals surface area contributed by atoms with Crippen LogP contribution in [0.2, 0.25) is 0 Å². The summed E-state index contributed by atoms with van der Waals surface area (Å²) in [5, 5.41) is 0.917. The lowest BCUT2D eigenvalue weighted by atomic mass is 10.5. The summed E-state index contributed by atoms with van der Waals surface area (Å²) < 4.78 is 1.96. The van der Waals surface area contributed by atoms with Gasteiger partial charge >= 0.3 is 0 Å². The van der Waals surface area contributed by atoms with Gasteiger partial charge in [0, 0.05) is 6.20 Å². The molecule has 0 fully saturated rings. The van der Waals surface area contributed by atoms with Gasteiger partial charge in [-0.2, -0.15) is 0 Å². The number of nitrogens with zero attached hydrogens (tertiary/aromatic N) is 2. The lowest BCUT2D eigenvalue weighted by Gasteiger charge is -1.91. The van der Waals surface area contributed by atoms with E-state index in [0.717, 1.165) is 16.4 Å². The van der Waals surface area contributed by atoms with Gasteiger partial charge in [0.2, 0.25) is 0 Å². The van der Waals surface area contributed by atoms with Crippen LogP contribution in [0.4, 0.5) is 0 Å². The van der Waals surface area contributed by atoms with Crippen LogP contribution in [0.3, 0.4) is 0 Å². The molecule has 56 valence electrons. The lowest BCUT2D eigenvalue weighted by molar-refractivity contribution is 1.03. The Morgan fingerprint density at radius 2 is 2.27 bits per heavy atom. The number of hydrogen-bond acceptors (Lipinski definition) is 2. The first-order valence-corrected chi connectivity index (χ1v) is 3.86. The molecule has 2 rings (SSSR count). The van der Waals surface area contributed by atoms with Gasteiger partial charge < -0.3 is 0 Å². The average Bonchev–Trinajstić information content (AvgIpc) is 2.30. The summed E-state index contributed by atoms with van der Waals surface area (Å²) >= 11 is 4.32. The highest BCUT2D eigenvalue weighted by atomic mass is 32.1. The maximum absolute atomic E-state index is 4.32. The molecule has 11 heavy (non-hydrogen) atoms. The van der Waals surface area contributed by atoms with Crippen molar-refractivity contribution in [3.8, 4) is 0 Å².